The molecule has 106 valence electrons. The highest BCUT2D eigenvalue weighted by Crippen LogP contribution is 2.18. The van der Waals surface area contributed by atoms with Gasteiger partial charge in [-0.1, -0.05) is 20.3 Å². The highest BCUT2D eigenvalue weighted by atomic mass is 16.5. The fourth-order valence-corrected chi connectivity index (χ4v) is 2.72. The molecule has 4 heteroatoms. The molecule has 0 aromatic rings. The molecule has 1 N–H and O–H groups in total. The first-order valence-corrected chi connectivity index (χ1v) is 7.11. The van der Waals surface area contributed by atoms with Gasteiger partial charge >= 0.3 is 0 Å². The molecule has 1 rings (SSSR count). The second-order valence-corrected chi connectivity index (χ2v) is 5.27. The number of carbonyl (C=O) groups excluding carboxylic acids is 1. The summed E-state index contributed by atoms with van der Waals surface area (Å²) in [4.78, 5) is 14.1. The minimum atomic E-state index is -0.0296. The maximum Gasteiger partial charge on any atom is 0.225 e. The van der Waals surface area contributed by atoms with E-state index in [4.69, 9.17) is 4.74 Å². The Labute approximate surface area is 111 Å². The van der Waals surface area contributed by atoms with E-state index in [-0.39, 0.29) is 18.1 Å². The Bertz CT molecular complexity index is 252. The molecule has 4 nitrogen and oxygen atoms in total. The van der Waals surface area contributed by atoms with Gasteiger partial charge in [0.1, 0.15) is 0 Å². The van der Waals surface area contributed by atoms with Crippen molar-refractivity contribution in [3.05, 3.63) is 0 Å². The summed E-state index contributed by atoms with van der Waals surface area (Å²) in [5.41, 5.74) is 0. The molecule has 0 radical (unpaired) electrons. The minimum absolute atomic E-state index is 0.0296. The lowest BCUT2D eigenvalue weighted by atomic mass is 9.92. The van der Waals surface area contributed by atoms with Crippen LogP contribution in [-0.4, -0.2) is 50.2 Å². The fraction of sp³-hybridized carbons (Fsp3) is 0.929. The van der Waals surface area contributed by atoms with Crippen LogP contribution in [0.25, 0.3) is 0 Å². The van der Waals surface area contributed by atoms with E-state index >= 15 is 0 Å². The number of nitrogens with one attached hydrogen (secondary N) is 1. The second kappa shape index (κ2) is 7.74. The molecule has 1 unspecified atom stereocenters. The SMILES string of the molecule is CC[C@H](C)C(NC)[C@@H](CC(=O)N1CCCC1)OC. The molecular weight excluding hydrogens is 228 g/mol. The average Bonchev–Trinajstić information content (AvgIpc) is 2.91. The number of likely N-dealkylation sites (N-methyl/N-ethyl adjacent to an activating group) is 1. The molecule has 1 saturated heterocycles. The minimum Gasteiger partial charge on any atom is -0.379 e. The van der Waals surface area contributed by atoms with Gasteiger partial charge in [0.2, 0.25) is 5.91 Å². The van der Waals surface area contributed by atoms with Crippen LogP contribution in [0.2, 0.25) is 0 Å². The summed E-state index contributed by atoms with van der Waals surface area (Å²) < 4.78 is 5.55. The summed E-state index contributed by atoms with van der Waals surface area (Å²) in [6, 6.07) is 0.242. The zero-order valence-electron chi connectivity index (χ0n) is 12.2. The maximum absolute atomic E-state index is 12.2. The normalized spacial score (nSPS) is 20.8. The average molecular weight is 256 g/mol. The molecule has 1 aliphatic heterocycles. The van der Waals surface area contributed by atoms with Crippen molar-refractivity contribution in [1.82, 2.24) is 10.2 Å². The molecule has 0 aromatic heterocycles. The Morgan fingerprint density at radius 1 is 1.39 bits per heavy atom. The number of hydrogen-bond acceptors (Lipinski definition) is 3. The summed E-state index contributed by atoms with van der Waals surface area (Å²) in [6.07, 6.45) is 3.84. The predicted octanol–water partition coefficient (Wildman–Crippen LogP) is 1.65. The largest absolute Gasteiger partial charge is 0.379 e. The van der Waals surface area contributed by atoms with Crippen LogP contribution >= 0.6 is 0 Å². The van der Waals surface area contributed by atoms with Crippen LogP contribution in [0.15, 0.2) is 0 Å². The molecule has 1 amide bonds. The summed E-state index contributed by atoms with van der Waals surface area (Å²) >= 11 is 0. The molecule has 0 bridgehead atoms. The Kier molecular flexibility index (Phi) is 6.65. The lowest BCUT2D eigenvalue weighted by Crippen LogP contribution is -2.46. The zero-order valence-corrected chi connectivity index (χ0v) is 12.2. The van der Waals surface area contributed by atoms with Crippen LogP contribution in [0.1, 0.15) is 39.5 Å². The fourth-order valence-electron chi connectivity index (χ4n) is 2.72. The van der Waals surface area contributed by atoms with Crippen molar-refractivity contribution in [3.8, 4) is 0 Å². The lowest BCUT2D eigenvalue weighted by Gasteiger charge is -2.31. The number of methoxy groups -OCH3 is 1. The van der Waals surface area contributed by atoms with Crippen LogP contribution < -0.4 is 5.32 Å². The van der Waals surface area contributed by atoms with E-state index in [2.05, 4.69) is 19.2 Å². The van der Waals surface area contributed by atoms with Crippen molar-refractivity contribution in [2.45, 2.75) is 51.7 Å². The summed E-state index contributed by atoms with van der Waals surface area (Å²) in [5, 5.41) is 3.30. The second-order valence-electron chi connectivity index (χ2n) is 5.27. The number of hydrogen-bond donors (Lipinski definition) is 1. The number of nitrogens with zero attached hydrogens (tertiary/aromatic N) is 1. The van der Waals surface area contributed by atoms with E-state index in [0.29, 0.717) is 12.3 Å². The van der Waals surface area contributed by atoms with Crippen LogP contribution in [0, 0.1) is 5.92 Å². The van der Waals surface area contributed by atoms with Crippen molar-refractivity contribution in [2.24, 2.45) is 5.92 Å². The summed E-state index contributed by atoms with van der Waals surface area (Å²) in [5.74, 6) is 0.745. The molecule has 1 fully saturated rings. The van der Waals surface area contributed by atoms with E-state index in [1.54, 1.807) is 7.11 Å². The first-order valence-electron chi connectivity index (χ1n) is 7.11. The zero-order chi connectivity index (χ0) is 13.5. The number of carbonyl (C=O) groups is 1. The monoisotopic (exact) mass is 256 g/mol. The molecule has 3 atom stereocenters. The number of amides is 1. The molecule has 1 heterocycles. The smallest absolute Gasteiger partial charge is 0.225 e. The van der Waals surface area contributed by atoms with Gasteiger partial charge in [-0.2, -0.15) is 0 Å². The Balaban J connectivity index is 2.55. The molecule has 1 aliphatic rings. The van der Waals surface area contributed by atoms with Gasteiger partial charge in [0.05, 0.1) is 12.5 Å². The molecular formula is C14H28N2O2. The third kappa shape index (κ3) is 3.95. The van der Waals surface area contributed by atoms with Gasteiger partial charge in [-0.3, -0.25) is 4.79 Å². The topological polar surface area (TPSA) is 41.6 Å². The standard InChI is InChI=1S/C14H28N2O2/c1-5-11(2)14(15-3)12(18-4)10-13(17)16-8-6-7-9-16/h11-12,14-15H,5-10H2,1-4H3/t11-,12+,14?/m0/s1. The number of likely N-dealkylation sites (tertiary alicyclic amines) is 1. The van der Waals surface area contributed by atoms with Crippen LogP contribution in [0.4, 0.5) is 0 Å². The number of ether oxygens (including phenoxy) is 1. The predicted molar refractivity (Wildman–Crippen MR) is 73.5 cm³/mol. The first-order chi connectivity index (χ1) is 8.63. The van der Waals surface area contributed by atoms with Gasteiger partial charge in [-0.05, 0) is 25.8 Å². The van der Waals surface area contributed by atoms with Crippen molar-refractivity contribution in [3.63, 3.8) is 0 Å². The van der Waals surface area contributed by atoms with E-state index in [0.717, 1.165) is 32.4 Å². The van der Waals surface area contributed by atoms with Crippen LogP contribution in [0.3, 0.4) is 0 Å². The van der Waals surface area contributed by atoms with Crippen molar-refractivity contribution < 1.29 is 9.53 Å². The Hall–Kier alpha value is -0.610. The Morgan fingerprint density at radius 2 is 2.00 bits per heavy atom. The molecule has 0 aliphatic carbocycles. The van der Waals surface area contributed by atoms with Gasteiger partial charge in [0.25, 0.3) is 0 Å². The number of rotatable bonds is 7. The van der Waals surface area contributed by atoms with Gasteiger partial charge in [-0.15, -0.1) is 0 Å². The molecule has 18 heavy (non-hydrogen) atoms. The lowest BCUT2D eigenvalue weighted by molar-refractivity contribution is -0.133. The van der Waals surface area contributed by atoms with Gasteiger partial charge in [0.15, 0.2) is 0 Å². The first kappa shape index (κ1) is 15.4. The van der Waals surface area contributed by atoms with Crippen molar-refractivity contribution in [1.29, 1.82) is 0 Å². The van der Waals surface area contributed by atoms with Crippen LogP contribution in [-0.2, 0) is 9.53 Å². The van der Waals surface area contributed by atoms with Crippen LogP contribution in [0.5, 0.6) is 0 Å². The third-order valence-corrected chi connectivity index (χ3v) is 4.13. The van der Waals surface area contributed by atoms with E-state index < -0.39 is 0 Å². The van der Waals surface area contributed by atoms with E-state index in [1.807, 2.05) is 11.9 Å². The van der Waals surface area contributed by atoms with Crippen molar-refractivity contribution >= 4 is 5.91 Å². The summed E-state index contributed by atoms with van der Waals surface area (Å²) in [7, 11) is 3.65. The quantitative estimate of drug-likeness (QED) is 0.753. The van der Waals surface area contributed by atoms with Gasteiger partial charge < -0.3 is 15.0 Å². The van der Waals surface area contributed by atoms with E-state index in [1.165, 1.54) is 0 Å². The van der Waals surface area contributed by atoms with Crippen molar-refractivity contribution in [2.75, 3.05) is 27.2 Å². The van der Waals surface area contributed by atoms with E-state index in [9.17, 15) is 4.79 Å². The molecule has 0 aromatic carbocycles. The van der Waals surface area contributed by atoms with Gasteiger partial charge in [0, 0.05) is 26.2 Å². The Morgan fingerprint density at radius 3 is 2.44 bits per heavy atom. The highest BCUT2D eigenvalue weighted by Gasteiger charge is 2.29. The molecule has 0 saturated carbocycles. The maximum atomic E-state index is 12.2. The third-order valence-electron chi connectivity index (χ3n) is 4.13. The summed E-state index contributed by atoms with van der Waals surface area (Å²) in [6.45, 7) is 6.21. The highest BCUT2D eigenvalue weighted by molar-refractivity contribution is 5.77. The van der Waals surface area contributed by atoms with Gasteiger partial charge in [-0.25, -0.2) is 0 Å². The molecule has 0 spiro atoms.